The Balaban J connectivity index is 3.11. The zero-order chi connectivity index (χ0) is 14.5. The molecule has 0 saturated heterocycles. The predicted molar refractivity (Wildman–Crippen MR) is 80.9 cm³/mol. The fraction of sp³-hybridized carbons (Fsp3) is 0.538. The standard InChI is InChI=1S/C13H22N2O2S2/c1-5-8-15(11(3)4)19(16,17)13-7-9-18-12(13)10-14-6-2/h5,7,9,11,14H,1,6,8,10H2,2-4H3. The van der Waals surface area contributed by atoms with Gasteiger partial charge >= 0.3 is 0 Å². The molecule has 0 spiro atoms. The van der Waals surface area contributed by atoms with Crippen molar-refractivity contribution in [3.63, 3.8) is 0 Å². The largest absolute Gasteiger partial charge is 0.312 e. The molecule has 0 aliphatic heterocycles. The van der Waals surface area contributed by atoms with Crippen LogP contribution >= 0.6 is 11.3 Å². The highest BCUT2D eigenvalue weighted by molar-refractivity contribution is 7.89. The maximum absolute atomic E-state index is 12.7. The van der Waals surface area contributed by atoms with E-state index in [0.29, 0.717) is 18.0 Å². The lowest BCUT2D eigenvalue weighted by molar-refractivity contribution is 0.382. The van der Waals surface area contributed by atoms with E-state index in [-0.39, 0.29) is 6.04 Å². The number of rotatable bonds is 8. The quantitative estimate of drug-likeness (QED) is 0.750. The predicted octanol–water partition coefficient (Wildman–Crippen LogP) is 2.44. The van der Waals surface area contributed by atoms with E-state index >= 15 is 0 Å². The van der Waals surface area contributed by atoms with Gasteiger partial charge in [0.15, 0.2) is 0 Å². The van der Waals surface area contributed by atoms with Gasteiger partial charge in [-0.1, -0.05) is 13.0 Å². The van der Waals surface area contributed by atoms with Crippen LogP contribution in [0.1, 0.15) is 25.6 Å². The first-order valence-corrected chi connectivity index (χ1v) is 8.66. The van der Waals surface area contributed by atoms with Crippen LogP contribution in [-0.2, 0) is 16.6 Å². The third kappa shape index (κ3) is 3.89. The lowest BCUT2D eigenvalue weighted by atomic mass is 10.4. The zero-order valence-electron chi connectivity index (χ0n) is 11.7. The number of hydrogen-bond donors (Lipinski definition) is 1. The van der Waals surface area contributed by atoms with Gasteiger partial charge in [0.1, 0.15) is 0 Å². The average Bonchev–Trinajstić information content (AvgIpc) is 2.81. The summed E-state index contributed by atoms with van der Waals surface area (Å²) in [6.45, 7) is 11.1. The number of hydrogen-bond acceptors (Lipinski definition) is 4. The third-order valence-electron chi connectivity index (χ3n) is 2.71. The Morgan fingerprint density at radius 2 is 2.21 bits per heavy atom. The van der Waals surface area contributed by atoms with Gasteiger partial charge in [-0.05, 0) is 31.8 Å². The van der Waals surface area contributed by atoms with Crippen molar-refractivity contribution in [3.8, 4) is 0 Å². The molecule has 0 aliphatic rings. The summed E-state index contributed by atoms with van der Waals surface area (Å²) in [5.41, 5.74) is 0. The van der Waals surface area contributed by atoms with Crippen LogP contribution in [0.3, 0.4) is 0 Å². The van der Waals surface area contributed by atoms with E-state index in [2.05, 4.69) is 11.9 Å². The Hall–Kier alpha value is -0.690. The Morgan fingerprint density at radius 1 is 1.53 bits per heavy atom. The van der Waals surface area contributed by atoms with Crippen molar-refractivity contribution in [3.05, 3.63) is 29.0 Å². The summed E-state index contributed by atoms with van der Waals surface area (Å²) in [7, 11) is -3.45. The van der Waals surface area contributed by atoms with Gasteiger partial charge in [0, 0.05) is 24.0 Å². The van der Waals surface area contributed by atoms with Gasteiger partial charge in [-0.25, -0.2) is 8.42 Å². The third-order valence-corrected chi connectivity index (χ3v) is 5.89. The SMILES string of the molecule is C=CCN(C(C)C)S(=O)(=O)c1ccsc1CNCC. The van der Waals surface area contributed by atoms with E-state index in [1.807, 2.05) is 26.2 Å². The molecule has 1 heterocycles. The van der Waals surface area contributed by atoms with Gasteiger partial charge in [-0.15, -0.1) is 17.9 Å². The molecule has 1 aromatic rings. The number of nitrogens with one attached hydrogen (secondary N) is 1. The van der Waals surface area contributed by atoms with Gasteiger partial charge in [0.2, 0.25) is 10.0 Å². The first kappa shape index (κ1) is 16.4. The molecular weight excluding hydrogens is 280 g/mol. The first-order chi connectivity index (χ1) is 8.95. The van der Waals surface area contributed by atoms with Crippen molar-refractivity contribution in [2.45, 2.75) is 38.3 Å². The monoisotopic (exact) mass is 302 g/mol. The first-order valence-electron chi connectivity index (χ1n) is 6.35. The van der Waals surface area contributed by atoms with Crippen LogP contribution in [0, 0.1) is 0 Å². The fourth-order valence-electron chi connectivity index (χ4n) is 1.77. The van der Waals surface area contributed by atoms with Gasteiger partial charge in [0.05, 0.1) is 4.90 Å². The van der Waals surface area contributed by atoms with Crippen molar-refractivity contribution >= 4 is 21.4 Å². The highest BCUT2D eigenvalue weighted by Crippen LogP contribution is 2.26. The van der Waals surface area contributed by atoms with Crippen molar-refractivity contribution in [1.29, 1.82) is 0 Å². The molecule has 4 nitrogen and oxygen atoms in total. The van der Waals surface area contributed by atoms with E-state index in [1.165, 1.54) is 15.6 Å². The lowest BCUT2D eigenvalue weighted by Crippen LogP contribution is -2.37. The molecule has 108 valence electrons. The molecule has 1 rings (SSSR count). The van der Waals surface area contributed by atoms with Gasteiger partial charge in [-0.2, -0.15) is 4.31 Å². The second-order valence-electron chi connectivity index (χ2n) is 4.45. The number of nitrogens with zero attached hydrogens (tertiary/aromatic N) is 1. The maximum Gasteiger partial charge on any atom is 0.244 e. The molecule has 0 bridgehead atoms. The fourth-order valence-corrected chi connectivity index (χ4v) is 4.76. The molecule has 1 aromatic heterocycles. The van der Waals surface area contributed by atoms with Gasteiger partial charge < -0.3 is 5.32 Å². The smallest absolute Gasteiger partial charge is 0.244 e. The molecule has 1 N–H and O–H groups in total. The van der Waals surface area contributed by atoms with Crippen molar-refractivity contribution < 1.29 is 8.42 Å². The molecule has 19 heavy (non-hydrogen) atoms. The topological polar surface area (TPSA) is 49.4 Å². The van der Waals surface area contributed by atoms with Crippen LogP contribution in [0.15, 0.2) is 29.0 Å². The summed E-state index contributed by atoms with van der Waals surface area (Å²) in [5, 5.41) is 5.00. The zero-order valence-corrected chi connectivity index (χ0v) is 13.4. The van der Waals surface area contributed by atoms with Gasteiger partial charge in [0.25, 0.3) is 0 Å². The molecule has 0 unspecified atom stereocenters. The van der Waals surface area contributed by atoms with Crippen LogP contribution in [-0.4, -0.2) is 31.9 Å². The van der Waals surface area contributed by atoms with Crippen LogP contribution in [0.2, 0.25) is 0 Å². The molecule has 0 atom stereocenters. The van der Waals surface area contributed by atoms with Crippen LogP contribution in [0.25, 0.3) is 0 Å². The average molecular weight is 302 g/mol. The summed E-state index contributed by atoms with van der Waals surface area (Å²) in [6.07, 6.45) is 1.62. The second-order valence-corrected chi connectivity index (χ2v) is 7.31. The molecule has 0 aromatic carbocycles. The van der Waals surface area contributed by atoms with E-state index in [1.54, 1.807) is 12.1 Å². The van der Waals surface area contributed by atoms with Crippen molar-refractivity contribution in [2.75, 3.05) is 13.1 Å². The van der Waals surface area contributed by atoms with E-state index in [9.17, 15) is 8.42 Å². The Morgan fingerprint density at radius 3 is 2.74 bits per heavy atom. The molecule has 0 radical (unpaired) electrons. The van der Waals surface area contributed by atoms with E-state index in [0.717, 1.165) is 11.4 Å². The molecule has 0 amide bonds. The maximum atomic E-state index is 12.7. The second kappa shape index (κ2) is 7.19. The molecular formula is C13H22N2O2S2. The summed E-state index contributed by atoms with van der Waals surface area (Å²) in [4.78, 5) is 1.27. The summed E-state index contributed by atoms with van der Waals surface area (Å²) in [6, 6.07) is 1.60. The van der Waals surface area contributed by atoms with E-state index < -0.39 is 10.0 Å². The number of thiophene rings is 1. The molecule has 6 heteroatoms. The minimum absolute atomic E-state index is 0.0881. The van der Waals surface area contributed by atoms with Crippen LogP contribution in [0.4, 0.5) is 0 Å². The molecule has 0 saturated carbocycles. The summed E-state index contributed by atoms with van der Waals surface area (Å²) < 4.78 is 26.8. The normalized spacial score (nSPS) is 12.3. The van der Waals surface area contributed by atoms with Crippen molar-refractivity contribution in [2.24, 2.45) is 0 Å². The highest BCUT2D eigenvalue weighted by Gasteiger charge is 2.28. The molecule has 0 aliphatic carbocycles. The van der Waals surface area contributed by atoms with Crippen LogP contribution in [0.5, 0.6) is 0 Å². The Labute approximate surface area is 120 Å². The minimum Gasteiger partial charge on any atom is -0.312 e. The summed E-state index contributed by atoms with van der Waals surface area (Å²) in [5.74, 6) is 0. The Kier molecular flexibility index (Phi) is 6.19. The molecule has 0 fully saturated rings. The van der Waals surface area contributed by atoms with Crippen LogP contribution < -0.4 is 5.32 Å². The summed E-state index contributed by atoms with van der Waals surface area (Å²) >= 11 is 1.47. The van der Waals surface area contributed by atoms with E-state index in [4.69, 9.17) is 0 Å². The number of sulfonamides is 1. The minimum atomic E-state index is -3.45. The van der Waals surface area contributed by atoms with Gasteiger partial charge in [-0.3, -0.25) is 0 Å². The highest BCUT2D eigenvalue weighted by atomic mass is 32.2. The van der Waals surface area contributed by atoms with Crippen molar-refractivity contribution in [1.82, 2.24) is 9.62 Å². The Bertz CT molecular complexity index is 506. The lowest BCUT2D eigenvalue weighted by Gasteiger charge is -2.24.